The molecule has 9 unspecified atom stereocenters. The number of nitrogens with one attached hydrogen (secondary N) is 1. The summed E-state index contributed by atoms with van der Waals surface area (Å²) in [6.07, 6.45) is 23.0. The van der Waals surface area contributed by atoms with Crippen LogP contribution in [0.3, 0.4) is 0 Å². The largest absolute Gasteiger partial charge is 0.481 e. The van der Waals surface area contributed by atoms with E-state index in [2.05, 4.69) is 52.1 Å². The van der Waals surface area contributed by atoms with Gasteiger partial charge in [-0.3, -0.25) is 4.79 Å². The molecule has 0 aromatic rings. The SMILES string of the molecule is CC/C=C(\CCC(=O)O)C1=CCC2(C)C(CCC3(C)C2CCC2[C@H]4CCCC4(NCCC4COC(CN)C4)CC[C@]23C)C1C. The summed E-state index contributed by atoms with van der Waals surface area (Å²) >= 11 is 0. The van der Waals surface area contributed by atoms with Crippen molar-refractivity contribution in [3.63, 3.8) is 0 Å². The van der Waals surface area contributed by atoms with Crippen molar-refractivity contribution in [1.82, 2.24) is 5.32 Å². The van der Waals surface area contributed by atoms with Crippen LogP contribution in [0.1, 0.15) is 131 Å². The minimum Gasteiger partial charge on any atom is -0.481 e. The zero-order valence-electron chi connectivity index (χ0n) is 28.8. The molecule has 0 amide bonds. The summed E-state index contributed by atoms with van der Waals surface area (Å²) in [5, 5.41) is 13.7. The highest BCUT2D eigenvalue weighted by Crippen LogP contribution is 2.75. The predicted molar refractivity (Wildman–Crippen MR) is 179 cm³/mol. The van der Waals surface area contributed by atoms with Gasteiger partial charge in [-0.15, -0.1) is 0 Å². The van der Waals surface area contributed by atoms with Gasteiger partial charge in [-0.05, 0) is 153 Å². The first-order chi connectivity index (χ1) is 21.0. The fourth-order valence-electron chi connectivity index (χ4n) is 13.1. The lowest BCUT2D eigenvalue weighted by molar-refractivity contribution is -0.212. The Hall–Kier alpha value is -1.17. The van der Waals surface area contributed by atoms with Crippen LogP contribution < -0.4 is 11.1 Å². The van der Waals surface area contributed by atoms with Crippen LogP contribution >= 0.6 is 0 Å². The van der Waals surface area contributed by atoms with Crippen molar-refractivity contribution < 1.29 is 14.6 Å². The predicted octanol–water partition coefficient (Wildman–Crippen LogP) is 8.29. The molecule has 11 atom stereocenters. The Morgan fingerprint density at radius 2 is 1.86 bits per heavy atom. The number of carbonyl (C=O) groups is 1. The van der Waals surface area contributed by atoms with Gasteiger partial charge in [0.1, 0.15) is 0 Å². The zero-order chi connectivity index (χ0) is 31.3. The van der Waals surface area contributed by atoms with Crippen molar-refractivity contribution >= 4 is 5.97 Å². The van der Waals surface area contributed by atoms with E-state index >= 15 is 0 Å². The number of aliphatic carboxylic acids is 1. The molecule has 0 bridgehead atoms. The molecule has 0 aromatic heterocycles. The molecule has 1 heterocycles. The summed E-state index contributed by atoms with van der Waals surface area (Å²) < 4.78 is 5.91. The Balaban J connectivity index is 1.19. The van der Waals surface area contributed by atoms with Crippen LogP contribution in [0.2, 0.25) is 0 Å². The first-order valence-corrected chi connectivity index (χ1v) is 18.7. The van der Waals surface area contributed by atoms with Gasteiger partial charge in [-0.1, -0.05) is 53.2 Å². The molecule has 248 valence electrons. The zero-order valence-corrected chi connectivity index (χ0v) is 28.8. The third-order valence-electron chi connectivity index (χ3n) is 15.4. The number of fused-ring (bicyclic) bond motifs is 7. The van der Waals surface area contributed by atoms with E-state index in [0.29, 0.717) is 52.5 Å². The van der Waals surface area contributed by atoms with E-state index in [1.165, 1.54) is 75.4 Å². The molecule has 5 nitrogen and oxygen atoms in total. The number of carboxylic acid groups (broad SMARTS) is 1. The minimum atomic E-state index is -0.683. The van der Waals surface area contributed by atoms with E-state index in [1.807, 2.05) is 0 Å². The van der Waals surface area contributed by atoms with Gasteiger partial charge in [-0.2, -0.15) is 0 Å². The van der Waals surface area contributed by atoms with Crippen LogP contribution in [0.15, 0.2) is 23.3 Å². The van der Waals surface area contributed by atoms with Gasteiger partial charge >= 0.3 is 5.97 Å². The maximum absolute atomic E-state index is 11.4. The lowest BCUT2D eigenvalue weighted by Crippen LogP contribution is -2.67. The molecule has 6 rings (SSSR count). The van der Waals surface area contributed by atoms with E-state index in [0.717, 1.165) is 50.2 Å². The summed E-state index contributed by atoms with van der Waals surface area (Å²) in [6.45, 7) is 15.5. The molecule has 5 fully saturated rings. The first-order valence-electron chi connectivity index (χ1n) is 18.7. The lowest BCUT2D eigenvalue weighted by atomic mass is 9.34. The molecular weight excluding hydrogens is 544 g/mol. The van der Waals surface area contributed by atoms with Gasteiger partial charge in [0.2, 0.25) is 0 Å². The summed E-state index contributed by atoms with van der Waals surface area (Å²) in [5.41, 5.74) is 10.2. The molecule has 0 radical (unpaired) electrons. The fourth-order valence-corrected chi connectivity index (χ4v) is 13.1. The number of allylic oxidation sites excluding steroid dienone is 4. The fraction of sp³-hybridized carbons (Fsp3) is 0.872. The second kappa shape index (κ2) is 12.5. The molecule has 6 aliphatic rings. The molecule has 5 heteroatoms. The summed E-state index contributed by atoms with van der Waals surface area (Å²) in [6, 6.07) is 0. The smallest absolute Gasteiger partial charge is 0.303 e. The van der Waals surface area contributed by atoms with Crippen LogP contribution in [-0.4, -0.2) is 42.4 Å². The molecule has 1 aliphatic heterocycles. The number of nitrogens with two attached hydrogens (primary N) is 1. The maximum atomic E-state index is 11.4. The average molecular weight is 609 g/mol. The Labute approximate surface area is 268 Å². The van der Waals surface area contributed by atoms with E-state index < -0.39 is 5.97 Å². The standard InChI is InChI=1S/C39H64N2O3/c1-6-8-28(10-13-35(42)43)30-14-18-36(3)31(26(30)2)15-19-38(5)34(36)12-11-32-33-9-7-17-39(33,21-20-37(32,38)4)41-22-16-27-23-29(24-40)44-25-27/h8,14,26-27,29,31-34,41H,6-7,9-13,15-25,40H2,1-5H3,(H,42,43)/b28-8+/t26?,27?,29?,31?,32?,33-,34?,36?,37-,38?,39?/m1/s1. The Morgan fingerprint density at radius 3 is 2.59 bits per heavy atom. The number of rotatable bonds is 10. The van der Waals surface area contributed by atoms with Gasteiger partial charge < -0.3 is 20.9 Å². The first kappa shape index (κ1) is 32.8. The van der Waals surface area contributed by atoms with Crippen molar-refractivity contribution in [2.75, 3.05) is 19.7 Å². The lowest BCUT2D eigenvalue weighted by Gasteiger charge is -2.71. The maximum Gasteiger partial charge on any atom is 0.303 e. The Bertz CT molecular complexity index is 1130. The summed E-state index contributed by atoms with van der Waals surface area (Å²) in [7, 11) is 0. The second-order valence-corrected chi connectivity index (χ2v) is 17.1. The van der Waals surface area contributed by atoms with Gasteiger partial charge in [0, 0.05) is 25.1 Å². The summed E-state index contributed by atoms with van der Waals surface area (Å²) in [5.74, 6) is 3.63. The number of hydrogen-bond donors (Lipinski definition) is 3. The number of carboxylic acids is 1. The summed E-state index contributed by atoms with van der Waals surface area (Å²) in [4.78, 5) is 11.4. The Morgan fingerprint density at radius 1 is 1.05 bits per heavy atom. The van der Waals surface area contributed by atoms with E-state index in [1.54, 1.807) is 0 Å². The molecule has 1 saturated heterocycles. The van der Waals surface area contributed by atoms with E-state index in [-0.39, 0.29) is 12.5 Å². The molecular formula is C39H64N2O3. The molecule has 0 spiro atoms. The molecule has 0 aromatic carbocycles. The normalized spacial score (nSPS) is 46.9. The topological polar surface area (TPSA) is 84.6 Å². The van der Waals surface area contributed by atoms with E-state index in [9.17, 15) is 9.90 Å². The molecule has 4 saturated carbocycles. The third kappa shape index (κ3) is 5.27. The van der Waals surface area contributed by atoms with Gasteiger partial charge in [0.15, 0.2) is 0 Å². The van der Waals surface area contributed by atoms with Crippen molar-refractivity contribution in [3.8, 4) is 0 Å². The monoisotopic (exact) mass is 608 g/mol. The van der Waals surface area contributed by atoms with Crippen LogP contribution in [0.5, 0.6) is 0 Å². The van der Waals surface area contributed by atoms with Crippen LogP contribution in [0.25, 0.3) is 0 Å². The quantitative estimate of drug-likeness (QED) is 0.232. The molecule has 5 aliphatic carbocycles. The Kier molecular flexibility index (Phi) is 9.27. The highest BCUT2D eigenvalue weighted by Gasteiger charge is 2.68. The minimum absolute atomic E-state index is 0.236. The highest BCUT2D eigenvalue weighted by atomic mass is 16.5. The average Bonchev–Trinajstić information content (AvgIpc) is 3.63. The highest BCUT2D eigenvalue weighted by molar-refractivity contribution is 5.67. The second-order valence-electron chi connectivity index (χ2n) is 17.1. The van der Waals surface area contributed by atoms with Crippen molar-refractivity contribution in [3.05, 3.63) is 23.3 Å². The van der Waals surface area contributed by atoms with Crippen LogP contribution in [0, 0.1) is 51.8 Å². The molecule has 4 N–H and O–H groups in total. The van der Waals surface area contributed by atoms with Crippen molar-refractivity contribution in [1.29, 1.82) is 0 Å². The van der Waals surface area contributed by atoms with Crippen molar-refractivity contribution in [2.24, 2.45) is 57.5 Å². The van der Waals surface area contributed by atoms with E-state index in [4.69, 9.17) is 10.5 Å². The van der Waals surface area contributed by atoms with Gasteiger partial charge in [0.05, 0.1) is 6.10 Å². The van der Waals surface area contributed by atoms with Gasteiger partial charge in [-0.25, -0.2) is 0 Å². The number of ether oxygens (including phenoxy) is 1. The van der Waals surface area contributed by atoms with Crippen LogP contribution in [0.4, 0.5) is 0 Å². The number of hydrogen-bond acceptors (Lipinski definition) is 4. The van der Waals surface area contributed by atoms with Crippen molar-refractivity contribution in [2.45, 2.75) is 143 Å². The third-order valence-corrected chi connectivity index (χ3v) is 15.4. The van der Waals surface area contributed by atoms with Gasteiger partial charge in [0.25, 0.3) is 0 Å². The van der Waals surface area contributed by atoms with Crippen LogP contribution in [-0.2, 0) is 9.53 Å². The molecule has 44 heavy (non-hydrogen) atoms.